The topological polar surface area (TPSA) is 4.93 Å². The van der Waals surface area contributed by atoms with Gasteiger partial charge in [0.1, 0.15) is 0 Å². The van der Waals surface area contributed by atoms with Crippen molar-refractivity contribution in [3.05, 3.63) is 294 Å². The zero-order valence-electron chi connectivity index (χ0n) is 36.8. The Morgan fingerprint density at radius 1 is 0.328 bits per heavy atom. The third-order valence-electron chi connectivity index (χ3n) is 14.9. The molecule has 14 rings (SSSR count). The fraction of sp³-hybridized carbons (Fsp3) is 0.0303. The molecule has 0 fully saturated rings. The molecule has 0 saturated heterocycles. The molecule has 1 aromatic heterocycles. The number of benzene rings is 11. The van der Waals surface area contributed by atoms with Crippen molar-refractivity contribution in [2.24, 2.45) is 0 Å². The molecule has 2 aliphatic rings. The average Bonchev–Trinajstić information content (AvgIpc) is 4.03. The summed E-state index contributed by atoms with van der Waals surface area (Å²) in [5.41, 5.74) is 22.3. The molecule has 11 aromatic carbocycles. The van der Waals surface area contributed by atoms with Crippen molar-refractivity contribution in [3.8, 4) is 50.2 Å². The number of aromatic nitrogens is 1. The van der Waals surface area contributed by atoms with Crippen molar-refractivity contribution < 1.29 is 0 Å². The van der Waals surface area contributed by atoms with Crippen LogP contribution in [-0.2, 0) is 5.41 Å². The van der Waals surface area contributed by atoms with Gasteiger partial charge in [0, 0.05) is 22.4 Å². The maximum atomic E-state index is 2.51. The van der Waals surface area contributed by atoms with Crippen LogP contribution >= 0.6 is 0 Å². The van der Waals surface area contributed by atoms with Crippen molar-refractivity contribution in [1.82, 2.24) is 4.57 Å². The first-order valence-electron chi connectivity index (χ1n) is 23.5. The number of rotatable bonds is 6. The van der Waals surface area contributed by atoms with Crippen LogP contribution in [0.5, 0.6) is 0 Å². The van der Waals surface area contributed by atoms with Crippen LogP contribution in [0.4, 0.5) is 0 Å². The predicted octanol–water partition coefficient (Wildman–Crippen LogP) is 16.8. The van der Waals surface area contributed by atoms with Crippen molar-refractivity contribution in [3.63, 3.8) is 0 Å². The number of nitrogens with zero attached hydrogens (tertiary/aromatic N) is 1. The smallest absolute Gasteiger partial charge is 0.0720 e. The molecule has 0 amide bonds. The lowest BCUT2D eigenvalue weighted by Crippen LogP contribution is -2.28. The second-order valence-corrected chi connectivity index (χ2v) is 18.3. The Morgan fingerprint density at radius 2 is 0.910 bits per heavy atom. The summed E-state index contributed by atoms with van der Waals surface area (Å²) in [6.45, 7) is 0. The number of hydrogen-bond acceptors (Lipinski definition) is 0. The first-order chi connectivity index (χ1) is 33.3. The van der Waals surface area contributed by atoms with E-state index in [1.54, 1.807) is 0 Å². The van der Waals surface area contributed by atoms with Gasteiger partial charge < -0.3 is 4.57 Å². The molecule has 1 atom stereocenters. The van der Waals surface area contributed by atoms with E-state index >= 15 is 0 Å². The molecule has 0 saturated carbocycles. The molecule has 1 heterocycles. The van der Waals surface area contributed by atoms with E-state index in [2.05, 4.69) is 259 Å². The van der Waals surface area contributed by atoms with Crippen LogP contribution < -0.4 is 0 Å². The highest BCUT2D eigenvalue weighted by atomic mass is 15.0. The Kier molecular flexibility index (Phi) is 8.33. The fourth-order valence-electron chi connectivity index (χ4n) is 12.2. The number of hydrogen-bond donors (Lipinski definition) is 0. The summed E-state index contributed by atoms with van der Waals surface area (Å²) < 4.78 is 2.51. The maximum absolute atomic E-state index is 2.51. The Hall–Kier alpha value is -8.52. The summed E-state index contributed by atoms with van der Waals surface area (Å²) in [7, 11) is 0. The first-order valence-corrected chi connectivity index (χ1v) is 23.5. The van der Waals surface area contributed by atoms with Crippen LogP contribution in [0.3, 0.4) is 0 Å². The molecular formula is C66H43N. The van der Waals surface area contributed by atoms with Gasteiger partial charge in [0.05, 0.1) is 16.4 Å². The van der Waals surface area contributed by atoms with Crippen molar-refractivity contribution in [1.29, 1.82) is 0 Å². The molecule has 12 aromatic rings. The second kappa shape index (κ2) is 14.8. The minimum Gasteiger partial charge on any atom is -0.309 e. The van der Waals surface area contributed by atoms with Crippen molar-refractivity contribution in [2.45, 2.75) is 11.3 Å². The number of fused-ring (bicyclic) bond motifs is 11. The molecule has 0 aliphatic heterocycles. The molecule has 0 N–H and O–H groups in total. The van der Waals surface area contributed by atoms with E-state index in [9.17, 15) is 0 Å². The van der Waals surface area contributed by atoms with Crippen LogP contribution in [0.15, 0.2) is 255 Å². The van der Waals surface area contributed by atoms with E-state index in [4.69, 9.17) is 0 Å². The highest BCUT2D eigenvalue weighted by Gasteiger charge is 2.48. The van der Waals surface area contributed by atoms with E-state index in [0.717, 1.165) is 5.69 Å². The fourth-order valence-corrected chi connectivity index (χ4v) is 12.2. The van der Waals surface area contributed by atoms with Gasteiger partial charge in [-0.25, -0.2) is 0 Å². The second-order valence-electron chi connectivity index (χ2n) is 18.3. The largest absolute Gasteiger partial charge is 0.309 e. The average molecular weight is 850 g/mol. The third-order valence-corrected chi connectivity index (χ3v) is 14.9. The van der Waals surface area contributed by atoms with Crippen LogP contribution in [0.25, 0.3) is 82.8 Å². The Morgan fingerprint density at radius 3 is 1.73 bits per heavy atom. The molecule has 2 aliphatic carbocycles. The van der Waals surface area contributed by atoms with E-state index in [1.807, 2.05) is 0 Å². The van der Waals surface area contributed by atoms with E-state index in [-0.39, 0.29) is 5.92 Å². The quantitative estimate of drug-likeness (QED) is 0.157. The molecule has 0 radical (unpaired) electrons. The van der Waals surface area contributed by atoms with Gasteiger partial charge in [-0.2, -0.15) is 0 Å². The van der Waals surface area contributed by atoms with Crippen LogP contribution in [-0.4, -0.2) is 4.57 Å². The molecule has 312 valence electrons. The molecular weight excluding hydrogens is 807 g/mol. The maximum Gasteiger partial charge on any atom is 0.0720 e. The summed E-state index contributed by atoms with van der Waals surface area (Å²) in [6, 6.07) is 95.2. The summed E-state index contributed by atoms with van der Waals surface area (Å²) in [4.78, 5) is 0. The summed E-state index contributed by atoms with van der Waals surface area (Å²) in [5, 5.41) is 5.12. The van der Waals surface area contributed by atoms with E-state index < -0.39 is 5.41 Å². The normalized spacial score (nSPS) is 14.2. The molecule has 1 nitrogen and oxygen atoms in total. The SMILES string of the molecule is c1ccc(-c2cccc(-n3c4ccc(-c5ccc6c(c5)-c5ccccc5C6c5cccc6ccccc56)cc4c4c5c(ccc43)-c3ccccc3C5(c3ccccc3)c3ccccc3)c2)cc1. The van der Waals surface area contributed by atoms with Gasteiger partial charge in [0.2, 0.25) is 0 Å². The summed E-state index contributed by atoms with van der Waals surface area (Å²) in [6.07, 6.45) is 0. The lowest BCUT2D eigenvalue weighted by molar-refractivity contribution is 0.776. The Labute approximate surface area is 390 Å². The van der Waals surface area contributed by atoms with Gasteiger partial charge >= 0.3 is 0 Å². The predicted molar refractivity (Wildman–Crippen MR) is 279 cm³/mol. The molecule has 1 heteroatoms. The minimum atomic E-state index is -0.567. The van der Waals surface area contributed by atoms with Gasteiger partial charge in [0.25, 0.3) is 0 Å². The zero-order chi connectivity index (χ0) is 44.1. The highest BCUT2D eigenvalue weighted by molar-refractivity contribution is 6.16. The van der Waals surface area contributed by atoms with Crippen LogP contribution in [0.2, 0.25) is 0 Å². The lowest BCUT2D eigenvalue weighted by Gasteiger charge is -2.34. The third kappa shape index (κ3) is 5.49. The zero-order valence-corrected chi connectivity index (χ0v) is 36.8. The summed E-state index contributed by atoms with van der Waals surface area (Å²) in [5.74, 6) is 0.159. The summed E-state index contributed by atoms with van der Waals surface area (Å²) >= 11 is 0. The van der Waals surface area contributed by atoms with Gasteiger partial charge in [-0.05, 0) is 131 Å². The van der Waals surface area contributed by atoms with Gasteiger partial charge in [0.15, 0.2) is 0 Å². The lowest BCUT2D eigenvalue weighted by atomic mass is 9.67. The van der Waals surface area contributed by atoms with E-state index in [0.29, 0.717) is 0 Å². The van der Waals surface area contributed by atoms with Crippen molar-refractivity contribution in [2.75, 3.05) is 0 Å². The van der Waals surface area contributed by atoms with Gasteiger partial charge in [-0.3, -0.25) is 0 Å². The van der Waals surface area contributed by atoms with E-state index in [1.165, 1.54) is 116 Å². The van der Waals surface area contributed by atoms with Crippen LogP contribution in [0, 0.1) is 0 Å². The highest BCUT2D eigenvalue weighted by Crippen LogP contribution is 2.59. The van der Waals surface area contributed by atoms with Crippen LogP contribution in [0.1, 0.15) is 44.9 Å². The monoisotopic (exact) mass is 849 g/mol. The van der Waals surface area contributed by atoms with Gasteiger partial charge in [-0.1, -0.05) is 218 Å². The van der Waals surface area contributed by atoms with Crippen molar-refractivity contribution >= 4 is 32.6 Å². The molecule has 0 bridgehead atoms. The molecule has 0 spiro atoms. The van der Waals surface area contributed by atoms with Gasteiger partial charge in [-0.15, -0.1) is 0 Å². The molecule has 1 unspecified atom stereocenters. The Balaban J connectivity index is 1.05. The first kappa shape index (κ1) is 37.8. The standard InChI is InChI=1S/C66H43N/c1-4-18-43(19-5-1)45-22-16-27-50(40-45)67-61-38-35-47(46-34-36-56-58(41-46)52-29-12-13-31-55(52)63(56)54-32-17-21-44-20-10-11-28-51(44)54)42-59(61)64-62(67)39-37-57-53-30-14-15-33-60(53)66(65(57)64,48-23-6-2-7-24-48)49-25-8-3-9-26-49/h1-42,63H. The minimum absolute atomic E-state index is 0.159. The Bertz CT molecular complexity index is 3870. The molecule has 67 heavy (non-hydrogen) atoms.